The second kappa shape index (κ2) is 7.71. The van der Waals surface area contributed by atoms with Crippen LogP contribution in [0.1, 0.15) is 6.92 Å². The van der Waals surface area contributed by atoms with Gasteiger partial charge in [-0.25, -0.2) is 22.7 Å². The average Bonchev–Trinajstić information content (AvgIpc) is 2.55. The number of hydrogen-bond acceptors (Lipinski definition) is 5. The van der Waals surface area contributed by atoms with Crippen molar-refractivity contribution < 1.29 is 22.7 Å². The normalized spacial score (nSPS) is 15.1. The van der Waals surface area contributed by atoms with Gasteiger partial charge in [-0.1, -0.05) is 23.7 Å². The smallest absolute Gasteiger partial charge is 0.409 e. The number of nitrogens with zero attached hydrogens (tertiary/aromatic N) is 2. The van der Waals surface area contributed by atoms with Gasteiger partial charge >= 0.3 is 12.1 Å². The number of carbonyl (C=O) groups excluding carboxylic acids is 2. The van der Waals surface area contributed by atoms with Crippen molar-refractivity contribution >= 4 is 33.7 Å². The van der Waals surface area contributed by atoms with E-state index in [4.69, 9.17) is 16.3 Å². The number of ether oxygens (including phenoxy) is 1. The Balaban J connectivity index is 1.97. The number of halogens is 1. The van der Waals surface area contributed by atoms with Crippen molar-refractivity contribution in [2.75, 3.05) is 32.8 Å². The van der Waals surface area contributed by atoms with Gasteiger partial charge in [0.25, 0.3) is 10.0 Å². The quantitative estimate of drug-likeness (QED) is 0.863. The van der Waals surface area contributed by atoms with Gasteiger partial charge in [0.15, 0.2) is 0 Å². The molecule has 1 N–H and O–H groups in total. The van der Waals surface area contributed by atoms with Gasteiger partial charge in [0.2, 0.25) is 0 Å². The number of hydrogen-bond donors (Lipinski definition) is 1. The number of sulfonamides is 1. The van der Waals surface area contributed by atoms with Crippen LogP contribution in [0.25, 0.3) is 0 Å². The monoisotopic (exact) mass is 375 g/mol. The second-order valence-corrected chi connectivity index (χ2v) is 7.07. The largest absolute Gasteiger partial charge is 0.450 e. The summed E-state index contributed by atoms with van der Waals surface area (Å²) < 4.78 is 31.4. The molecule has 2 rings (SSSR count). The molecule has 1 saturated heterocycles. The maximum atomic E-state index is 12.2. The molecular formula is C14H18ClN3O5S. The molecule has 0 aromatic heterocycles. The van der Waals surface area contributed by atoms with Crippen molar-refractivity contribution in [3.8, 4) is 0 Å². The summed E-state index contributed by atoms with van der Waals surface area (Å²) >= 11 is 5.86. The number of rotatable bonds is 3. The molecule has 3 amide bonds. The molecule has 1 aliphatic heterocycles. The molecule has 10 heteroatoms. The van der Waals surface area contributed by atoms with Crippen molar-refractivity contribution in [1.82, 2.24) is 14.5 Å². The average molecular weight is 376 g/mol. The molecule has 0 aliphatic carbocycles. The van der Waals surface area contributed by atoms with Crippen LogP contribution < -0.4 is 4.72 Å². The number of amides is 3. The van der Waals surface area contributed by atoms with Crippen LogP contribution in [0.15, 0.2) is 29.2 Å². The highest BCUT2D eigenvalue weighted by molar-refractivity contribution is 7.90. The Morgan fingerprint density at radius 2 is 1.75 bits per heavy atom. The lowest BCUT2D eigenvalue weighted by Gasteiger charge is -2.33. The fraction of sp³-hybridized carbons (Fsp3) is 0.429. The van der Waals surface area contributed by atoms with Gasteiger partial charge in [0.1, 0.15) is 4.90 Å². The van der Waals surface area contributed by atoms with E-state index in [0.717, 1.165) is 0 Å². The molecule has 0 atom stereocenters. The highest BCUT2D eigenvalue weighted by atomic mass is 35.5. The first-order chi connectivity index (χ1) is 11.3. The summed E-state index contributed by atoms with van der Waals surface area (Å²) in [6.07, 6.45) is -0.443. The summed E-state index contributed by atoms with van der Waals surface area (Å²) in [5.74, 6) is 0. The van der Waals surface area contributed by atoms with E-state index in [1.807, 2.05) is 4.72 Å². The minimum Gasteiger partial charge on any atom is -0.450 e. The molecular weight excluding hydrogens is 358 g/mol. The maximum absolute atomic E-state index is 12.2. The highest BCUT2D eigenvalue weighted by Crippen LogP contribution is 2.20. The Hall–Kier alpha value is -2.00. The predicted molar refractivity (Wildman–Crippen MR) is 87.3 cm³/mol. The van der Waals surface area contributed by atoms with Crippen molar-refractivity contribution in [2.24, 2.45) is 0 Å². The Morgan fingerprint density at radius 3 is 2.33 bits per heavy atom. The van der Waals surface area contributed by atoms with E-state index in [2.05, 4.69) is 0 Å². The van der Waals surface area contributed by atoms with Crippen LogP contribution in [0.3, 0.4) is 0 Å². The van der Waals surface area contributed by atoms with Crippen LogP contribution in [-0.2, 0) is 14.8 Å². The maximum Gasteiger partial charge on any atom is 0.409 e. The van der Waals surface area contributed by atoms with E-state index >= 15 is 0 Å². The SMILES string of the molecule is CCOC(=O)N1CCN(C(=O)NS(=O)(=O)c2ccccc2Cl)CC1. The van der Waals surface area contributed by atoms with Crippen molar-refractivity contribution in [2.45, 2.75) is 11.8 Å². The molecule has 1 aliphatic rings. The van der Waals surface area contributed by atoms with Crippen molar-refractivity contribution in [3.63, 3.8) is 0 Å². The lowest BCUT2D eigenvalue weighted by Crippen LogP contribution is -2.54. The summed E-state index contributed by atoms with van der Waals surface area (Å²) in [6, 6.07) is 5.11. The molecule has 1 aromatic carbocycles. The van der Waals surface area contributed by atoms with Gasteiger partial charge in [0, 0.05) is 26.2 Å². The summed E-state index contributed by atoms with van der Waals surface area (Å²) in [5.41, 5.74) is 0. The minimum atomic E-state index is -4.06. The van der Waals surface area contributed by atoms with E-state index in [9.17, 15) is 18.0 Å². The molecule has 132 valence electrons. The van der Waals surface area contributed by atoms with E-state index in [-0.39, 0.29) is 42.7 Å². The lowest BCUT2D eigenvalue weighted by molar-refractivity contribution is 0.0858. The fourth-order valence-electron chi connectivity index (χ4n) is 2.20. The molecule has 0 radical (unpaired) electrons. The number of nitrogens with one attached hydrogen (secondary N) is 1. The zero-order valence-corrected chi connectivity index (χ0v) is 14.6. The summed E-state index contributed by atoms with van der Waals surface area (Å²) in [4.78, 5) is 26.4. The van der Waals surface area contributed by atoms with Crippen molar-refractivity contribution in [3.05, 3.63) is 29.3 Å². The fourth-order valence-corrected chi connectivity index (χ4v) is 3.70. The second-order valence-electron chi connectivity index (χ2n) is 5.01. The third kappa shape index (κ3) is 4.30. The Bertz CT molecular complexity index is 717. The molecule has 8 nitrogen and oxygen atoms in total. The third-order valence-corrected chi connectivity index (χ3v) is 5.26. The Morgan fingerprint density at radius 1 is 1.17 bits per heavy atom. The topological polar surface area (TPSA) is 96.0 Å². The van der Waals surface area contributed by atoms with E-state index < -0.39 is 22.1 Å². The minimum absolute atomic E-state index is 0.0323. The standard InChI is InChI=1S/C14H18ClN3O5S/c1-2-23-14(20)18-9-7-17(8-10-18)13(19)16-24(21,22)12-6-4-3-5-11(12)15/h3-6H,2,7-10H2,1H3,(H,16,19). The zero-order chi connectivity index (χ0) is 17.7. The molecule has 0 bridgehead atoms. The molecule has 24 heavy (non-hydrogen) atoms. The van der Waals surface area contributed by atoms with Gasteiger partial charge in [-0.2, -0.15) is 0 Å². The summed E-state index contributed by atoms with van der Waals surface area (Å²) in [6.45, 7) is 2.96. The van der Waals surface area contributed by atoms with E-state index in [1.165, 1.54) is 28.0 Å². The van der Waals surface area contributed by atoms with Gasteiger partial charge in [0.05, 0.1) is 11.6 Å². The van der Waals surface area contributed by atoms with Crippen LogP contribution in [0.4, 0.5) is 9.59 Å². The van der Waals surface area contributed by atoms with E-state index in [0.29, 0.717) is 0 Å². The summed E-state index contributed by atoms with van der Waals surface area (Å²) in [7, 11) is -4.06. The first-order valence-corrected chi connectivity index (χ1v) is 9.19. The number of benzene rings is 1. The number of piperazine rings is 1. The van der Waals surface area contributed by atoms with Crippen LogP contribution in [-0.4, -0.2) is 63.1 Å². The van der Waals surface area contributed by atoms with Gasteiger partial charge in [-0.05, 0) is 19.1 Å². The molecule has 1 aromatic rings. The van der Waals surface area contributed by atoms with Gasteiger partial charge < -0.3 is 14.5 Å². The number of urea groups is 1. The van der Waals surface area contributed by atoms with Crippen LogP contribution in [0.5, 0.6) is 0 Å². The molecule has 0 spiro atoms. The highest BCUT2D eigenvalue weighted by Gasteiger charge is 2.28. The molecule has 0 unspecified atom stereocenters. The lowest BCUT2D eigenvalue weighted by atomic mass is 10.3. The molecule has 1 heterocycles. The first-order valence-electron chi connectivity index (χ1n) is 7.33. The van der Waals surface area contributed by atoms with E-state index in [1.54, 1.807) is 13.0 Å². The third-order valence-electron chi connectivity index (χ3n) is 3.44. The van der Waals surface area contributed by atoms with Crippen LogP contribution >= 0.6 is 11.6 Å². The van der Waals surface area contributed by atoms with Gasteiger partial charge in [-0.3, -0.25) is 0 Å². The Labute approximate surface area is 145 Å². The Kier molecular flexibility index (Phi) is 5.89. The van der Waals surface area contributed by atoms with Crippen LogP contribution in [0.2, 0.25) is 5.02 Å². The summed E-state index contributed by atoms with van der Waals surface area (Å²) in [5, 5.41) is 0.0323. The van der Waals surface area contributed by atoms with Gasteiger partial charge in [-0.15, -0.1) is 0 Å². The van der Waals surface area contributed by atoms with Crippen LogP contribution in [0, 0.1) is 0 Å². The predicted octanol–water partition coefficient (Wildman–Crippen LogP) is 1.51. The number of carbonyl (C=O) groups is 2. The molecule has 1 fully saturated rings. The molecule has 0 saturated carbocycles. The zero-order valence-electron chi connectivity index (χ0n) is 13.1. The first kappa shape index (κ1) is 18.3. The van der Waals surface area contributed by atoms with Crippen molar-refractivity contribution in [1.29, 1.82) is 0 Å².